The number of phenols is 2. The first kappa shape index (κ1) is 18.2. The molecule has 2 aromatic carbocycles. The normalized spacial score (nSPS) is 10.9. The van der Waals surface area contributed by atoms with Gasteiger partial charge < -0.3 is 10.2 Å². The zero-order valence-electron chi connectivity index (χ0n) is 12.2. The number of aromatic hydroxyl groups is 2. The van der Waals surface area contributed by atoms with E-state index in [2.05, 4.69) is 18.4 Å². The quantitative estimate of drug-likeness (QED) is 0.562. The Bertz CT molecular complexity index is 822. The van der Waals surface area contributed by atoms with E-state index in [1.807, 2.05) is 0 Å². The van der Waals surface area contributed by atoms with Gasteiger partial charge in [-0.1, -0.05) is 24.3 Å². The van der Waals surface area contributed by atoms with Crippen LogP contribution < -0.4 is 0 Å². The molecule has 0 bridgehead atoms. The predicted octanol–water partition coefficient (Wildman–Crippen LogP) is 1.22. The molecule has 25 heavy (non-hydrogen) atoms. The van der Waals surface area contributed by atoms with E-state index in [1.165, 1.54) is 24.3 Å². The van der Waals surface area contributed by atoms with Crippen LogP contribution in [0.4, 0.5) is 0 Å². The summed E-state index contributed by atoms with van der Waals surface area (Å²) >= 11 is 0. The highest BCUT2D eigenvalue weighted by Crippen LogP contribution is 2.18. The van der Waals surface area contributed by atoms with Crippen molar-refractivity contribution in [2.45, 2.75) is 0 Å². The van der Waals surface area contributed by atoms with Crippen molar-refractivity contribution in [1.29, 1.82) is 0 Å². The maximum atomic E-state index is 11.5. The topological polar surface area (TPSA) is 146 Å². The number of carbonyl (C=O) groups excluding carboxylic acids is 2. The summed E-state index contributed by atoms with van der Waals surface area (Å²) in [5.74, 6) is -3.62. The van der Waals surface area contributed by atoms with Crippen molar-refractivity contribution >= 4 is 22.3 Å². The van der Waals surface area contributed by atoms with E-state index in [-0.39, 0.29) is 11.1 Å². The van der Waals surface area contributed by atoms with Gasteiger partial charge in [0.25, 0.3) is 0 Å². The van der Waals surface area contributed by atoms with Gasteiger partial charge in [0.05, 0.1) is 0 Å². The van der Waals surface area contributed by atoms with Crippen molar-refractivity contribution in [3.8, 4) is 11.5 Å². The number of para-hydroxylation sites is 2. The van der Waals surface area contributed by atoms with E-state index in [0.29, 0.717) is 0 Å². The first-order chi connectivity index (χ1) is 11.8. The molecule has 0 unspecified atom stereocenters. The summed E-state index contributed by atoms with van der Waals surface area (Å²) in [7, 11) is -5.06. The number of rotatable bonds is 6. The van der Waals surface area contributed by atoms with Gasteiger partial charge in [-0.2, -0.15) is 8.42 Å². The monoisotopic (exact) mass is 370 g/mol. The molecule has 0 aliphatic carbocycles. The molecule has 0 amide bonds. The SMILES string of the molecule is O=C(OOS(=O)(=O)OOC(=O)c1ccccc1O)c1ccccc1O. The fraction of sp³-hybridized carbons (Fsp3) is 0. The van der Waals surface area contributed by atoms with Crippen molar-refractivity contribution in [3.63, 3.8) is 0 Å². The second-order valence-electron chi connectivity index (χ2n) is 4.32. The minimum absolute atomic E-state index is 0.371. The van der Waals surface area contributed by atoms with Crippen LogP contribution in [0.5, 0.6) is 11.5 Å². The van der Waals surface area contributed by atoms with Crippen LogP contribution in [-0.4, -0.2) is 30.6 Å². The molecule has 2 N–H and O–H groups in total. The minimum atomic E-state index is -5.06. The van der Waals surface area contributed by atoms with Crippen LogP contribution in [-0.2, 0) is 28.8 Å². The Morgan fingerprint density at radius 1 is 0.720 bits per heavy atom. The number of carbonyl (C=O) groups is 2. The summed E-state index contributed by atoms with van der Waals surface area (Å²) in [6, 6.07) is 10.2. The number of hydrogen-bond acceptors (Lipinski definition) is 10. The maximum absolute atomic E-state index is 11.5. The predicted molar refractivity (Wildman–Crippen MR) is 78.1 cm³/mol. The van der Waals surface area contributed by atoms with Gasteiger partial charge in [-0.05, 0) is 32.9 Å². The Balaban J connectivity index is 1.92. The van der Waals surface area contributed by atoms with Gasteiger partial charge in [-0.3, -0.25) is 9.78 Å². The molecular weight excluding hydrogens is 360 g/mol. The Morgan fingerprint density at radius 3 is 1.44 bits per heavy atom. The second-order valence-corrected chi connectivity index (χ2v) is 5.41. The van der Waals surface area contributed by atoms with Crippen LogP contribution in [0.15, 0.2) is 48.5 Å². The van der Waals surface area contributed by atoms with Crippen LogP contribution in [0.1, 0.15) is 20.7 Å². The molecule has 0 aliphatic heterocycles. The highest BCUT2D eigenvalue weighted by atomic mass is 32.3. The van der Waals surface area contributed by atoms with Gasteiger partial charge >= 0.3 is 22.3 Å². The van der Waals surface area contributed by atoms with Crippen LogP contribution in [0.25, 0.3) is 0 Å². The number of hydrogen-bond donors (Lipinski definition) is 2. The lowest BCUT2D eigenvalue weighted by Crippen LogP contribution is -2.17. The van der Waals surface area contributed by atoms with Crippen LogP contribution in [0.3, 0.4) is 0 Å². The molecule has 0 radical (unpaired) electrons. The highest BCUT2D eigenvalue weighted by Gasteiger charge is 2.24. The first-order valence-electron chi connectivity index (χ1n) is 6.42. The standard InChI is InChI=1S/C14H10O10S/c15-11-7-3-1-5-9(11)13(17)21-23-25(19,20)24-22-14(18)10-6-2-4-8-12(10)16/h1-8,15-16H. The summed E-state index contributed by atoms with van der Waals surface area (Å²) in [6.07, 6.45) is 0. The van der Waals surface area contributed by atoms with Crippen molar-refractivity contribution in [2.75, 3.05) is 0 Å². The molecule has 0 aliphatic rings. The molecule has 2 aromatic rings. The molecule has 0 saturated heterocycles. The molecule has 10 nitrogen and oxygen atoms in total. The molecule has 0 heterocycles. The molecule has 0 fully saturated rings. The zero-order valence-corrected chi connectivity index (χ0v) is 13.0. The first-order valence-corrected chi connectivity index (χ1v) is 7.75. The van der Waals surface area contributed by atoms with Crippen molar-refractivity contribution in [1.82, 2.24) is 0 Å². The third-order valence-corrected chi connectivity index (χ3v) is 3.10. The summed E-state index contributed by atoms with van der Waals surface area (Å²) in [6.45, 7) is 0. The average molecular weight is 370 g/mol. The molecule has 0 spiro atoms. The number of phenolic OH excluding ortho intramolecular Hbond substituents is 2. The lowest BCUT2D eigenvalue weighted by atomic mass is 10.2. The lowest BCUT2D eigenvalue weighted by molar-refractivity contribution is -0.202. The summed E-state index contributed by atoms with van der Waals surface area (Å²) < 4.78 is 30.2. The average Bonchev–Trinajstić information content (AvgIpc) is 2.59. The minimum Gasteiger partial charge on any atom is -0.507 e. The van der Waals surface area contributed by atoms with Gasteiger partial charge in [-0.15, -0.1) is 0 Å². The number of benzene rings is 2. The van der Waals surface area contributed by atoms with E-state index in [0.717, 1.165) is 24.3 Å². The van der Waals surface area contributed by atoms with E-state index >= 15 is 0 Å². The van der Waals surface area contributed by atoms with Gasteiger partial charge in [0.2, 0.25) is 0 Å². The molecule has 2 rings (SSSR count). The van der Waals surface area contributed by atoms with Crippen molar-refractivity contribution in [2.24, 2.45) is 0 Å². The van der Waals surface area contributed by atoms with Gasteiger partial charge in [-0.25, -0.2) is 9.59 Å². The Kier molecular flexibility index (Phi) is 5.54. The van der Waals surface area contributed by atoms with Gasteiger partial charge in [0, 0.05) is 0 Å². The van der Waals surface area contributed by atoms with E-state index in [1.54, 1.807) is 0 Å². The van der Waals surface area contributed by atoms with Crippen molar-refractivity contribution in [3.05, 3.63) is 59.7 Å². The Morgan fingerprint density at radius 2 is 1.08 bits per heavy atom. The van der Waals surface area contributed by atoms with Crippen LogP contribution >= 0.6 is 0 Å². The largest absolute Gasteiger partial charge is 0.507 e. The Hall–Kier alpha value is -3.15. The summed E-state index contributed by atoms with van der Waals surface area (Å²) in [5, 5.41) is 18.8. The third kappa shape index (κ3) is 4.91. The van der Waals surface area contributed by atoms with Crippen LogP contribution in [0, 0.1) is 0 Å². The van der Waals surface area contributed by atoms with Crippen LogP contribution in [0.2, 0.25) is 0 Å². The van der Waals surface area contributed by atoms with Crippen molar-refractivity contribution < 1.29 is 46.7 Å². The fourth-order valence-corrected chi connectivity index (χ4v) is 1.85. The van der Waals surface area contributed by atoms with Gasteiger partial charge in [0.15, 0.2) is 0 Å². The molecule has 0 aromatic heterocycles. The summed E-state index contributed by atoms with van der Waals surface area (Å²) in [5.41, 5.74) is -0.743. The lowest BCUT2D eigenvalue weighted by Gasteiger charge is -2.05. The Labute approximate surface area is 140 Å². The molecule has 0 saturated carbocycles. The zero-order chi connectivity index (χ0) is 18.4. The van der Waals surface area contributed by atoms with E-state index in [4.69, 9.17) is 0 Å². The molecule has 0 atom stereocenters. The third-order valence-electron chi connectivity index (χ3n) is 2.63. The van der Waals surface area contributed by atoms with E-state index in [9.17, 15) is 28.2 Å². The molecule has 132 valence electrons. The van der Waals surface area contributed by atoms with E-state index < -0.39 is 33.8 Å². The maximum Gasteiger partial charge on any atom is 0.471 e. The molecular formula is C14H10O10S. The molecule has 11 heteroatoms. The second kappa shape index (κ2) is 7.61. The summed E-state index contributed by atoms with van der Waals surface area (Å²) in [4.78, 5) is 31.1. The smallest absolute Gasteiger partial charge is 0.471 e. The van der Waals surface area contributed by atoms with Gasteiger partial charge in [0.1, 0.15) is 22.6 Å². The highest BCUT2D eigenvalue weighted by molar-refractivity contribution is 7.81. The fourth-order valence-electron chi connectivity index (χ4n) is 1.54.